The fourth-order valence-corrected chi connectivity index (χ4v) is 5.22. The van der Waals surface area contributed by atoms with Gasteiger partial charge in [0.2, 0.25) is 0 Å². The molecular weight excluding hydrogens is 427 g/mol. The van der Waals surface area contributed by atoms with Crippen LogP contribution in [0.15, 0.2) is 47.4 Å². The first-order valence-corrected chi connectivity index (χ1v) is 12.0. The minimum atomic E-state index is -3.20. The van der Waals surface area contributed by atoms with Crippen molar-refractivity contribution in [2.24, 2.45) is 0 Å². The normalized spacial score (nSPS) is 14.9. The number of benzene rings is 2. The second-order valence-corrected chi connectivity index (χ2v) is 9.68. The summed E-state index contributed by atoms with van der Waals surface area (Å²) in [4.78, 5) is 0.436. The van der Waals surface area contributed by atoms with Crippen molar-refractivity contribution >= 4 is 45.4 Å². The molecule has 2 N–H and O–H groups in total. The average Bonchev–Trinajstić information content (AvgIpc) is 2.70. The van der Waals surface area contributed by atoms with Gasteiger partial charge in [0.1, 0.15) is 0 Å². The Balaban J connectivity index is 0.00000210. The molecule has 0 radical (unpaired) electrons. The number of halogens is 2. The fraction of sp³-hybridized carbons (Fsp3) is 0.545. The van der Waals surface area contributed by atoms with Gasteiger partial charge in [0.25, 0.3) is 0 Å². The second kappa shape index (κ2) is 13.5. The van der Waals surface area contributed by atoms with Crippen LogP contribution < -0.4 is 10.6 Å². The predicted octanol–water partition coefficient (Wildman–Crippen LogP) is 4.75. The monoisotopic (exact) mass is 460 g/mol. The highest BCUT2D eigenvalue weighted by molar-refractivity contribution is 7.91. The summed E-state index contributed by atoms with van der Waals surface area (Å²) in [7, 11) is -3.20. The van der Waals surface area contributed by atoms with Crippen molar-refractivity contribution in [3.05, 3.63) is 42.5 Å². The largest absolute Gasteiger partial charge is 0.315 e. The molecule has 0 atom stereocenters. The smallest absolute Gasteiger partial charge is 0.178 e. The molecule has 4 nitrogen and oxygen atoms in total. The van der Waals surface area contributed by atoms with Crippen LogP contribution in [0.3, 0.4) is 0 Å². The molecule has 0 bridgehead atoms. The van der Waals surface area contributed by atoms with Crippen molar-refractivity contribution < 1.29 is 8.42 Å². The van der Waals surface area contributed by atoms with Gasteiger partial charge in [-0.1, -0.05) is 49.6 Å². The zero-order chi connectivity index (χ0) is 19.0. The number of sulfone groups is 1. The van der Waals surface area contributed by atoms with E-state index in [1.54, 1.807) is 12.1 Å². The first-order valence-electron chi connectivity index (χ1n) is 10.3. The lowest BCUT2D eigenvalue weighted by Crippen LogP contribution is -2.36. The Morgan fingerprint density at radius 2 is 1.55 bits per heavy atom. The molecule has 0 aromatic heterocycles. The Kier molecular flexibility index (Phi) is 12.1. The summed E-state index contributed by atoms with van der Waals surface area (Å²) in [6, 6.07) is 14.0. The van der Waals surface area contributed by atoms with Crippen LogP contribution in [0.25, 0.3) is 10.8 Å². The molecule has 7 heteroatoms. The topological polar surface area (TPSA) is 58.2 Å². The molecule has 0 heterocycles. The lowest BCUT2D eigenvalue weighted by molar-refractivity contribution is 0.372. The summed E-state index contributed by atoms with van der Waals surface area (Å²) in [5.41, 5.74) is 0. The van der Waals surface area contributed by atoms with Crippen molar-refractivity contribution in [1.82, 2.24) is 10.6 Å². The van der Waals surface area contributed by atoms with Crippen LogP contribution in [-0.2, 0) is 9.84 Å². The molecule has 0 amide bonds. The summed E-state index contributed by atoms with van der Waals surface area (Å²) < 4.78 is 25.1. The van der Waals surface area contributed by atoms with Crippen LogP contribution >= 0.6 is 24.8 Å². The van der Waals surface area contributed by atoms with E-state index in [1.807, 2.05) is 30.3 Å². The van der Waals surface area contributed by atoms with Crippen molar-refractivity contribution in [1.29, 1.82) is 0 Å². The quantitative estimate of drug-likeness (QED) is 0.502. The standard InChI is InChI=1S/C22H32N2O2S.2ClH/c25-27(26,22-13-12-19-8-4-5-9-20(19)18-22)17-7-6-14-23-15-16-24-21-10-2-1-3-11-21;;/h4-5,8-9,12-13,18,21,23-24H,1-3,6-7,10-11,14-17H2;2*1H. The molecule has 1 aliphatic carbocycles. The van der Waals surface area contributed by atoms with Gasteiger partial charge in [-0.3, -0.25) is 0 Å². The molecule has 0 unspecified atom stereocenters. The molecule has 3 rings (SSSR count). The van der Waals surface area contributed by atoms with E-state index in [0.29, 0.717) is 17.4 Å². The van der Waals surface area contributed by atoms with Gasteiger partial charge in [0.05, 0.1) is 10.6 Å². The number of unbranched alkanes of at least 4 members (excludes halogenated alkanes) is 1. The molecule has 0 aliphatic heterocycles. The Bertz CT molecular complexity index is 824. The third kappa shape index (κ3) is 8.42. The summed E-state index contributed by atoms with van der Waals surface area (Å²) in [5, 5.41) is 9.08. The molecule has 29 heavy (non-hydrogen) atoms. The highest BCUT2D eigenvalue weighted by Crippen LogP contribution is 2.20. The lowest BCUT2D eigenvalue weighted by Gasteiger charge is -2.22. The third-order valence-electron chi connectivity index (χ3n) is 5.44. The van der Waals surface area contributed by atoms with Crippen molar-refractivity contribution in [3.63, 3.8) is 0 Å². The Morgan fingerprint density at radius 1 is 0.828 bits per heavy atom. The van der Waals surface area contributed by atoms with Gasteiger partial charge in [-0.2, -0.15) is 0 Å². The second-order valence-electron chi connectivity index (χ2n) is 7.57. The van der Waals surface area contributed by atoms with E-state index in [0.717, 1.165) is 36.8 Å². The van der Waals surface area contributed by atoms with Crippen LogP contribution in [0, 0.1) is 0 Å². The fourth-order valence-electron chi connectivity index (χ4n) is 3.82. The highest BCUT2D eigenvalue weighted by atomic mass is 35.5. The molecule has 164 valence electrons. The summed E-state index contributed by atoms with van der Waals surface area (Å²) in [5.74, 6) is 0.216. The van der Waals surface area contributed by atoms with E-state index < -0.39 is 9.84 Å². The molecule has 0 spiro atoms. The van der Waals surface area contributed by atoms with Crippen molar-refractivity contribution in [2.75, 3.05) is 25.4 Å². The van der Waals surface area contributed by atoms with Gasteiger partial charge >= 0.3 is 0 Å². The molecule has 2 aromatic carbocycles. The first-order chi connectivity index (χ1) is 13.1. The van der Waals surface area contributed by atoms with Gasteiger partial charge in [-0.15, -0.1) is 24.8 Å². The van der Waals surface area contributed by atoms with Crippen LogP contribution in [0.1, 0.15) is 44.9 Å². The number of rotatable bonds is 10. The molecule has 1 aliphatic rings. The average molecular weight is 461 g/mol. The molecule has 0 saturated heterocycles. The van der Waals surface area contributed by atoms with Gasteiger partial charge in [0.15, 0.2) is 9.84 Å². The third-order valence-corrected chi connectivity index (χ3v) is 7.23. The summed E-state index contributed by atoms with van der Waals surface area (Å²) in [6.07, 6.45) is 8.31. The predicted molar refractivity (Wildman–Crippen MR) is 127 cm³/mol. The van der Waals surface area contributed by atoms with Crippen LogP contribution in [-0.4, -0.2) is 39.8 Å². The van der Waals surface area contributed by atoms with Gasteiger partial charge in [-0.05, 0) is 55.1 Å². The molecule has 1 fully saturated rings. The highest BCUT2D eigenvalue weighted by Gasteiger charge is 2.14. The van der Waals surface area contributed by atoms with Crippen molar-refractivity contribution in [2.45, 2.75) is 55.9 Å². The van der Waals surface area contributed by atoms with Gasteiger partial charge < -0.3 is 10.6 Å². The van der Waals surface area contributed by atoms with E-state index in [9.17, 15) is 8.42 Å². The Morgan fingerprint density at radius 3 is 2.31 bits per heavy atom. The summed E-state index contributed by atoms with van der Waals surface area (Å²) >= 11 is 0. The zero-order valence-corrected chi connectivity index (χ0v) is 19.4. The maximum atomic E-state index is 12.6. The number of fused-ring (bicyclic) bond motifs is 1. The van der Waals surface area contributed by atoms with Crippen LogP contribution in [0.2, 0.25) is 0 Å². The number of hydrogen-bond acceptors (Lipinski definition) is 4. The van der Waals surface area contributed by atoms with E-state index in [-0.39, 0.29) is 30.6 Å². The van der Waals surface area contributed by atoms with E-state index in [1.165, 1.54) is 32.1 Å². The van der Waals surface area contributed by atoms with E-state index in [4.69, 9.17) is 0 Å². The van der Waals surface area contributed by atoms with Crippen LogP contribution in [0.4, 0.5) is 0 Å². The minimum Gasteiger partial charge on any atom is -0.315 e. The van der Waals surface area contributed by atoms with Gasteiger partial charge in [0, 0.05) is 19.1 Å². The van der Waals surface area contributed by atoms with E-state index >= 15 is 0 Å². The van der Waals surface area contributed by atoms with Crippen molar-refractivity contribution in [3.8, 4) is 0 Å². The zero-order valence-electron chi connectivity index (χ0n) is 16.9. The SMILES string of the molecule is Cl.Cl.O=S(=O)(CCCCNCCNC1CCCCC1)c1ccc2ccccc2c1. The maximum absolute atomic E-state index is 12.6. The lowest BCUT2D eigenvalue weighted by atomic mass is 9.95. The molecule has 1 saturated carbocycles. The number of hydrogen-bond donors (Lipinski definition) is 2. The summed E-state index contributed by atoms with van der Waals surface area (Å²) in [6.45, 7) is 2.83. The Hall–Kier alpha value is -0.850. The van der Waals surface area contributed by atoms with E-state index in [2.05, 4.69) is 10.6 Å². The first kappa shape index (κ1) is 26.2. The maximum Gasteiger partial charge on any atom is 0.178 e. The van der Waals surface area contributed by atoms with Crippen LogP contribution in [0.5, 0.6) is 0 Å². The number of nitrogens with one attached hydrogen (secondary N) is 2. The molecular formula is C22H34Cl2N2O2S. The molecule has 2 aromatic rings. The van der Waals surface area contributed by atoms with Gasteiger partial charge in [-0.25, -0.2) is 8.42 Å². The minimum absolute atomic E-state index is 0. The Labute approximate surface area is 188 Å².